The summed E-state index contributed by atoms with van der Waals surface area (Å²) in [5.74, 6) is 0.620. The molecule has 0 saturated heterocycles. The zero-order chi connectivity index (χ0) is 21.8. The van der Waals surface area contributed by atoms with Crippen LogP contribution in [0.3, 0.4) is 0 Å². The van der Waals surface area contributed by atoms with Gasteiger partial charge in [-0.05, 0) is 49.8 Å². The van der Waals surface area contributed by atoms with Gasteiger partial charge in [-0.2, -0.15) is 10.2 Å². The van der Waals surface area contributed by atoms with Crippen LogP contribution in [0.5, 0.6) is 5.88 Å². The van der Waals surface area contributed by atoms with E-state index in [-0.39, 0.29) is 24.1 Å². The first kappa shape index (κ1) is 20.6. The van der Waals surface area contributed by atoms with Gasteiger partial charge in [0.15, 0.2) is 12.3 Å². The number of pyridine rings is 2. The SMILES string of the molecule is Cn1c(=O)n(C[C@H]2CC[C@H](C(=O)Nc3ccncc3)CC2)c2nc(OCC#N)ccc21. The molecule has 0 aliphatic heterocycles. The fourth-order valence-corrected chi connectivity index (χ4v) is 4.15. The Labute approximate surface area is 179 Å². The van der Waals surface area contributed by atoms with Crippen molar-refractivity contribution in [3.05, 3.63) is 47.1 Å². The topological polar surface area (TPSA) is 115 Å². The average molecular weight is 420 g/mol. The van der Waals surface area contributed by atoms with Gasteiger partial charge < -0.3 is 10.1 Å². The highest BCUT2D eigenvalue weighted by Gasteiger charge is 2.27. The van der Waals surface area contributed by atoms with Gasteiger partial charge in [-0.15, -0.1) is 0 Å². The van der Waals surface area contributed by atoms with Gasteiger partial charge in [-0.1, -0.05) is 0 Å². The van der Waals surface area contributed by atoms with Crippen molar-refractivity contribution in [1.29, 1.82) is 5.26 Å². The van der Waals surface area contributed by atoms with Gasteiger partial charge in [0.05, 0.1) is 5.52 Å². The predicted octanol–water partition coefficient (Wildman–Crippen LogP) is 2.48. The lowest BCUT2D eigenvalue weighted by atomic mass is 9.81. The van der Waals surface area contributed by atoms with Crippen LogP contribution < -0.4 is 15.7 Å². The van der Waals surface area contributed by atoms with Crippen LogP contribution in [0, 0.1) is 23.2 Å². The van der Waals surface area contributed by atoms with E-state index >= 15 is 0 Å². The number of imidazole rings is 1. The third-order valence-electron chi connectivity index (χ3n) is 5.85. The summed E-state index contributed by atoms with van der Waals surface area (Å²) >= 11 is 0. The number of carbonyl (C=O) groups excluding carboxylic acids is 1. The van der Waals surface area contributed by atoms with Gasteiger partial charge >= 0.3 is 5.69 Å². The Morgan fingerprint density at radius 2 is 1.97 bits per heavy atom. The highest BCUT2D eigenvalue weighted by atomic mass is 16.5. The number of amides is 1. The molecule has 3 aromatic heterocycles. The molecule has 0 atom stereocenters. The Hall–Kier alpha value is -3.67. The van der Waals surface area contributed by atoms with Crippen molar-refractivity contribution in [3.8, 4) is 11.9 Å². The van der Waals surface area contributed by atoms with Crippen LogP contribution in [0.25, 0.3) is 11.2 Å². The number of anilines is 1. The Bertz CT molecular complexity index is 1170. The molecule has 1 amide bonds. The van der Waals surface area contributed by atoms with Gasteiger partial charge in [0.1, 0.15) is 6.07 Å². The number of ether oxygens (including phenoxy) is 1. The molecule has 31 heavy (non-hydrogen) atoms. The van der Waals surface area contributed by atoms with E-state index in [4.69, 9.17) is 10.00 Å². The molecular formula is C22H24N6O3. The molecule has 0 unspecified atom stereocenters. The van der Waals surface area contributed by atoms with Crippen molar-refractivity contribution in [2.75, 3.05) is 11.9 Å². The van der Waals surface area contributed by atoms with Crippen molar-refractivity contribution >= 4 is 22.8 Å². The summed E-state index contributed by atoms with van der Waals surface area (Å²) < 4.78 is 8.55. The van der Waals surface area contributed by atoms with Gasteiger partial charge in [0.25, 0.3) is 0 Å². The molecule has 1 aliphatic carbocycles. The Morgan fingerprint density at radius 3 is 2.68 bits per heavy atom. The molecule has 0 aromatic carbocycles. The lowest BCUT2D eigenvalue weighted by molar-refractivity contribution is -0.121. The van der Waals surface area contributed by atoms with E-state index < -0.39 is 0 Å². The predicted molar refractivity (Wildman–Crippen MR) is 114 cm³/mol. The molecule has 1 N–H and O–H groups in total. The number of aromatic nitrogens is 4. The number of fused-ring (bicyclic) bond motifs is 1. The van der Waals surface area contributed by atoms with Gasteiger partial charge in [-0.3, -0.25) is 18.9 Å². The smallest absolute Gasteiger partial charge is 0.330 e. The number of aryl methyl sites for hydroxylation is 1. The number of nitrogens with zero attached hydrogens (tertiary/aromatic N) is 5. The molecule has 9 nitrogen and oxygen atoms in total. The number of hydrogen-bond donors (Lipinski definition) is 1. The minimum absolute atomic E-state index is 0.0298. The molecule has 1 saturated carbocycles. The largest absolute Gasteiger partial charge is 0.462 e. The summed E-state index contributed by atoms with van der Waals surface area (Å²) in [6.07, 6.45) is 6.60. The van der Waals surface area contributed by atoms with E-state index in [9.17, 15) is 9.59 Å². The standard InChI is InChI=1S/C22H24N6O3/c1-27-18-6-7-19(31-13-10-23)26-20(18)28(22(27)30)14-15-2-4-16(5-3-15)21(29)25-17-8-11-24-12-9-17/h6-9,11-12,15-16H,2-5,13-14H2,1H3,(H,24,25,29)/t15-,16-. The average Bonchev–Trinajstić information content (AvgIpc) is 3.03. The highest BCUT2D eigenvalue weighted by Crippen LogP contribution is 2.31. The molecule has 1 fully saturated rings. The van der Waals surface area contributed by atoms with Crippen molar-refractivity contribution < 1.29 is 9.53 Å². The first-order chi connectivity index (χ1) is 15.1. The summed E-state index contributed by atoms with van der Waals surface area (Å²) in [5, 5.41) is 11.7. The van der Waals surface area contributed by atoms with Crippen molar-refractivity contribution in [2.45, 2.75) is 32.2 Å². The van der Waals surface area contributed by atoms with E-state index in [1.165, 1.54) is 0 Å². The summed E-state index contributed by atoms with van der Waals surface area (Å²) in [4.78, 5) is 33.7. The van der Waals surface area contributed by atoms with Crippen LogP contribution in [0.2, 0.25) is 0 Å². The van der Waals surface area contributed by atoms with E-state index in [2.05, 4.69) is 15.3 Å². The maximum atomic E-state index is 12.8. The number of nitrogens with one attached hydrogen (secondary N) is 1. The van der Waals surface area contributed by atoms with Gasteiger partial charge in [0.2, 0.25) is 11.8 Å². The van der Waals surface area contributed by atoms with Crippen molar-refractivity contribution in [1.82, 2.24) is 19.1 Å². The van der Waals surface area contributed by atoms with E-state index in [0.29, 0.717) is 24.0 Å². The van der Waals surface area contributed by atoms with E-state index in [0.717, 1.165) is 36.9 Å². The molecule has 3 heterocycles. The molecule has 160 valence electrons. The normalized spacial score (nSPS) is 18.5. The third-order valence-corrected chi connectivity index (χ3v) is 5.85. The summed E-state index contributed by atoms with van der Waals surface area (Å²) in [6, 6.07) is 8.92. The molecule has 0 spiro atoms. The maximum Gasteiger partial charge on any atom is 0.330 e. The van der Waals surface area contributed by atoms with Crippen LogP contribution in [-0.4, -0.2) is 31.6 Å². The molecular weight excluding hydrogens is 396 g/mol. The minimum Gasteiger partial charge on any atom is -0.462 e. The Balaban J connectivity index is 1.43. The third kappa shape index (κ3) is 4.43. The van der Waals surface area contributed by atoms with Gasteiger partial charge in [0, 0.05) is 43.7 Å². The Kier molecular flexibility index (Phi) is 5.98. The molecule has 4 rings (SSSR count). The quantitative estimate of drug-likeness (QED) is 0.655. The van der Waals surface area contributed by atoms with E-state index in [1.54, 1.807) is 52.8 Å². The molecule has 3 aromatic rings. The van der Waals surface area contributed by atoms with Crippen LogP contribution in [0.15, 0.2) is 41.5 Å². The molecule has 0 radical (unpaired) electrons. The zero-order valence-electron chi connectivity index (χ0n) is 17.3. The highest BCUT2D eigenvalue weighted by molar-refractivity contribution is 5.92. The number of carbonyl (C=O) groups is 1. The van der Waals surface area contributed by atoms with Crippen molar-refractivity contribution in [3.63, 3.8) is 0 Å². The fourth-order valence-electron chi connectivity index (χ4n) is 4.15. The summed E-state index contributed by atoms with van der Waals surface area (Å²) in [6.45, 7) is 0.449. The van der Waals surface area contributed by atoms with Gasteiger partial charge in [-0.25, -0.2) is 4.79 Å². The lowest BCUT2D eigenvalue weighted by Crippen LogP contribution is -2.31. The van der Waals surface area contributed by atoms with E-state index in [1.807, 2.05) is 6.07 Å². The first-order valence-corrected chi connectivity index (χ1v) is 10.3. The lowest BCUT2D eigenvalue weighted by Gasteiger charge is -2.27. The van der Waals surface area contributed by atoms with Crippen LogP contribution in [0.1, 0.15) is 25.7 Å². The second-order valence-corrected chi connectivity index (χ2v) is 7.83. The number of hydrogen-bond acceptors (Lipinski definition) is 6. The monoisotopic (exact) mass is 420 g/mol. The summed E-state index contributed by atoms with van der Waals surface area (Å²) in [5.41, 5.74) is 1.91. The van der Waals surface area contributed by atoms with Crippen LogP contribution in [0.4, 0.5) is 5.69 Å². The number of rotatable bonds is 6. The molecule has 9 heteroatoms. The fraction of sp³-hybridized carbons (Fsp3) is 0.409. The summed E-state index contributed by atoms with van der Waals surface area (Å²) in [7, 11) is 1.72. The zero-order valence-corrected chi connectivity index (χ0v) is 17.3. The van der Waals surface area contributed by atoms with Crippen LogP contribution in [-0.2, 0) is 18.4 Å². The number of nitriles is 1. The molecule has 1 aliphatic rings. The second-order valence-electron chi connectivity index (χ2n) is 7.83. The maximum absolute atomic E-state index is 12.8. The first-order valence-electron chi connectivity index (χ1n) is 10.3. The van der Waals surface area contributed by atoms with Crippen LogP contribution >= 0.6 is 0 Å². The molecule has 0 bridgehead atoms. The second kappa shape index (κ2) is 9.00. The van der Waals surface area contributed by atoms with Crippen molar-refractivity contribution in [2.24, 2.45) is 18.9 Å². The Morgan fingerprint density at radius 1 is 1.23 bits per heavy atom. The minimum atomic E-state index is -0.127.